The molecular formula is C11H23NO2S. The van der Waals surface area contributed by atoms with Crippen LogP contribution in [0.2, 0.25) is 0 Å². The van der Waals surface area contributed by atoms with E-state index in [1.165, 1.54) is 31.9 Å². The van der Waals surface area contributed by atoms with Crippen molar-refractivity contribution in [1.82, 2.24) is 5.32 Å². The number of nitrogens with one attached hydrogen (secondary N) is 1. The van der Waals surface area contributed by atoms with E-state index in [9.17, 15) is 8.42 Å². The quantitative estimate of drug-likeness (QED) is 0.750. The summed E-state index contributed by atoms with van der Waals surface area (Å²) in [4.78, 5) is 0. The molecule has 0 heterocycles. The molecule has 0 aromatic rings. The maximum absolute atomic E-state index is 11.1. The Kier molecular flexibility index (Phi) is 5.06. The smallest absolute Gasteiger partial charge is 0.147 e. The average Bonchev–Trinajstić information content (AvgIpc) is 2.38. The fourth-order valence-electron chi connectivity index (χ4n) is 2.37. The highest BCUT2D eigenvalue weighted by Crippen LogP contribution is 2.26. The summed E-state index contributed by atoms with van der Waals surface area (Å²) in [5.74, 6) is 0.952. The van der Waals surface area contributed by atoms with Gasteiger partial charge in [-0.05, 0) is 32.2 Å². The zero-order valence-electron chi connectivity index (χ0n) is 9.83. The lowest BCUT2D eigenvalue weighted by molar-refractivity contribution is 0.393. The molecule has 0 radical (unpaired) electrons. The Balaban J connectivity index is 2.39. The Morgan fingerprint density at radius 2 is 1.93 bits per heavy atom. The van der Waals surface area contributed by atoms with Crippen molar-refractivity contribution in [3.05, 3.63) is 0 Å². The molecule has 0 saturated heterocycles. The number of hydrogen-bond acceptors (Lipinski definition) is 3. The summed E-state index contributed by atoms with van der Waals surface area (Å²) in [6.07, 6.45) is 8.30. The Morgan fingerprint density at radius 1 is 1.27 bits per heavy atom. The third kappa shape index (κ3) is 5.52. The predicted molar refractivity (Wildman–Crippen MR) is 63.8 cm³/mol. The topological polar surface area (TPSA) is 46.2 Å². The molecule has 3 nitrogen and oxygen atoms in total. The lowest BCUT2D eigenvalue weighted by atomic mass is 9.95. The van der Waals surface area contributed by atoms with E-state index >= 15 is 0 Å². The van der Waals surface area contributed by atoms with Crippen LogP contribution in [0.25, 0.3) is 0 Å². The minimum Gasteiger partial charge on any atom is -0.317 e. The summed E-state index contributed by atoms with van der Waals surface area (Å²) in [7, 11) is -0.776. The van der Waals surface area contributed by atoms with Gasteiger partial charge in [0.1, 0.15) is 9.84 Å². The zero-order chi connectivity index (χ0) is 11.3. The van der Waals surface area contributed by atoms with Crippen molar-refractivity contribution in [2.45, 2.75) is 44.6 Å². The van der Waals surface area contributed by atoms with Crippen LogP contribution in [0.15, 0.2) is 0 Å². The second-order valence-electron chi connectivity index (χ2n) is 4.79. The molecule has 1 aliphatic rings. The van der Waals surface area contributed by atoms with Gasteiger partial charge in [-0.3, -0.25) is 0 Å². The molecule has 0 spiro atoms. The highest BCUT2D eigenvalue weighted by Gasteiger charge is 2.19. The van der Waals surface area contributed by atoms with Gasteiger partial charge in [-0.15, -0.1) is 0 Å². The standard InChI is InChI=1S/C11H23NO2S/c1-12-11-6-4-3-5-10(9-11)7-8-15(2,13)14/h10-12H,3-9H2,1-2H3. The lowest BCUT2D eigenvalue weighted by Gasteiger charge is -2.18. The molecule has 0 aromatic carbocycles. The van der Waals surface area contributed by atoms with E-state index in [4.69, 9.17) is 0 Å². The zero-order valence-corrected chi connectivity index (χ0v) is 10.6. The molecule has 1 fully saturated rings. The number of rotatable bonds is 4. The van der Waals surface area contributed by atoms with Gasteiger partial charge in [0.25, 0.3) is 0 Å². The van der Waals surface area contributed by atoms with Crippen LogP contribution in [-0.2, 0) is 9.84 Å². The first kappa shape index (κ1) is 13.0. The Labute approximate surface area is 93.6 Å². The van der Waals surface area contributed by atoms with Crippen LogP contribution in [0.5, 0.6) is 0 Å². The molecule has 2 atom stereocenters. The second-order valence-corrected chi connectivity index (χ2v) is 7.05. The van der Waals surface area contributed by atoms with E-state index in [0.29, 0.717) is 17.7 Å². The molecule has 0 aromatic heterocycles. The molecule has 1 aliphatic carbocycles. The van der Waals surface area contributed by atoms with Crippen LogP contribution in [0.1, 0.15) is 38.5 Å². The largest absolute Gasteiger partial charge is 0.317 e. The second kappa shape index (κ2) is 5.85. The molecule has 1 N–H and O–H groups in total. The van der Waals surface area contributed by atoms with E-state index in [2.05, 4.69) is 5.32 Å². The van der Waals surface area contributed by atoms with Gasteiger partial charge in [0.05, 0.1) is 5.75 Å². The first-order valence-electron chi connectivity index (χ1n) is 5.86. The minimum atomic E-state index is -2.78. The SMILES string of the molecule is CNC1CCCCC(CCS(C)(=O)=O)C1. The number of sulfone groups is 1. The molecule has 2 unspecified atom stereocenters. The van der Waals surface area contributed by atoms with Crippen molar-refractivity contribution in [2.75, 3.05) is 19.1 Å². The van der Waals surface area contributed by atoms with Gasteiger partial charge in [0, 0.05) is 12.3 Å². The first-order chi connectivity index (χ1) is 7.01. The van der Waals surface area contributed by atoms with Crippen LogP contribution < -0.4 is 5.32 Å². The highest BCUT2D eigenvalue weighted by molar-refractivity contribution is 7.90. The van der Waals surface area contributed by atoms with Crippen LogP contribution in [-0.4, -0.2) is 33.5 Å². The molecule has 90 valence electrons. The van der Waals surface area contributed by atoms with Crippen LogP contribution in [0.4, 0.5) is 0 Å². The van der Waals surface area contributed by atoms with E-state index in [-0.39, 0.29) is 0 Å². The molecule has 0 aliphatic heterocycles. The summed E-state index contributed by atoms with van der Waals surface area (Å²) in [6, 6.07) is 0.595. The minimum absolute atomic E-state index is 0.355. The van der Waals surface area contributed by atoms with Crippen molar-refractivity contribution in [2.24, 2.45) is 5.92 Å². The van der Waals surface area contributed by atoms with Gasteiger partial charge in [0.2, 0.25) is 0 Å². The Morgan fingerprint density at radius 3 is 2.53 bits per heavy atom. The molecule has 0 bridgehead atoms. The van der Waals surface area contributed by atoms with Gasteiger partial charge >= 0.3 is 0 Å². The summed E-state index contributed by atoms with van der Waals surface area (Å²) in [5.41, 5.74) is 0. The average molecular weight is 233 g/mol. The van der Waals surface area contributed by atoms with Crippen molar-refractivity contribution in [3.63, 3.8) is 0 Å². The van der Waals surface area contributed by atoms with Gasteiger partial charge in [0.15, 0.2) is 0 Å². The fourth-order valence-corrected chi connectivity index (χ4v) is 3.13. The van der Waals surface area contributed by atoms with Crippen LogP contribution in [0, 0.1) is 5.92 Å². The summed E-state index contributed by atoms with van der Waals surface area (Å²) >= 11 is 0. The highest BCUT2D eigenvalue weighted by atomic mass is 32.2. The predicted octanol–water partition coefficient (Wildman–Crippen LogP) is 1.59. The number of hydrogen-bond donors (Lipinski definition) is 1. The van der Waals surface area contributed by atoms with Crippen LogP contribution >= 0.6 is 0 Å². The van der Waals surface area contributed by atoms with Gasteiger partial charge < -0.3 is 5.32 Å². The maximum atomic E-state index is 11.1. The van der Waals surface area contributed by atoms with Crippen molar-refractivity contribution < 1.29 is 8.42 Å². The normalized spacial score (nSPS) is 28.7. The van der Waals surface area contributed by atoms with E-state index < -0.39 is 9.84 Å². The fraction of sp³-hybridized carbons (Fsp3) is 1.00. The van der Waals surface area contributed by atoms with Crippen LogP contribution in [0.3, 0.4) is 0 Å². The molecule has 0 amide bonds. The lowest BCUT2D eigenvalue weighted by Crippen LogP contribution is -2.26. The van der Waals surface area contributed by atoms with Gasteiger partial charge in [-0.1, -0.05) is 19.3 Å². The van der Waals surface area contributed by atoms with Crippen molar-refractivity contribution in [3.8, 4) is 0 Å². The Bertz CT molecular complexity index is 274. The molecular weight excluding hydrogens is 210 g/mol. The van der Waals surface area contributed by atoms with Crippen molar-refractivity contribution >= 4 is 9.84 Å². The molecule has 4 heteroatoms. The summed E-state index contributed by atoms with van der Waals surface area (Å²) in [5, 5.41) is 3.32. The van der Waals surface area contributed by atoms with Gasteiger partial charge in [-0.25, -0.2) is 8.42 Å². The monoisotopic (exact) mass is 233 g/mol. The first-order valence-corrected chi connectivity index (χ1v) is 7.92. The summed E-state index contributed by atoms with van der Waals surface area (Å²) < 4.78 is 22.2. The third-order valence-corrected chi connectivity index (χ3v) is 4.32. The molecule has 15 heavy (non-hydrogen) atoms. The van der Waals surface area contributed by atoms with E-state index in [1.807, 2.05) is 7.05 Å². The summed E-state index contributed by atoms with van der Waals surface area (Å²) in [6.45, 7) is 0. The van der Waals surface area contributed by atoms with E-state index in [1.54, 1.807) is 0 Å². The van der Waals surface area contributed by atoms with Crippen molar-refractivity contribution in [1.29, 1.82) is 0 Å². The van der Waals surface area contributed by atoms with E-state index in [0.717, 1.165) is 12.8 Å². The molecule has 1 saturated carbocycles. The Hall–Kier alpha value is -0.0900. The maximum Gasteiger partial charge on any atom is 0.147 e. The molecule has 1 rings (SSSR count). The van der Waals surface area contributed by atoms with Gasteiger partial charge in [-0.2, -0.15) is 0 Å². The third-order valence-electron chi connectivity index (χ3n) is 3.34.